The molecule has 0 saturated carbocycles. The van der Waals surface area contributed by atoms with E-state index in [4.69, 9.17) is 13.0 Å². The highest BCUT2D eigenvalue weighted by atomic mass is 32.2. The molecule has 1 heterocycles. The van der Waals surface area contributed by atoms with Gasteiger partial charge in [-0.1, -0.05) is 33.1 Å². The molecule has 1 aliphatic heterocycles. The zero-order valence-electron chi connectivity index (χ0n) is 12.8. The van der Waals surface area contributed by atoms with Crippen molar-refractivity contribution in [1.29, 1.82) is 0 Å². The summed E-state index contributed by atoms with van der Waals surface area (Å²) in [7, 11) is -3.92. The third kappa shape index (κ3) is 14.1. The van der Waals surface area contributed by atoms with E-state index in [1.54, 1.807) is 0 Å². The first-order valence-electron chi connectivity index (χ1n) is 7.61. The third-order valence-corrected chi connectivity index (χ3v) is 3.64. The molecule has 0 aromatic carbocycles. The van der Waals surface area contributed by atoms with Crippen LogP contribution in [-0.4, -0.2) is 38.9 Å². The summed E-state index contributed by atoms with van der Waals surface area (Å²) in [6.45, 7) is 8.96. The zero-order chi connectivity index (χ0) is 14.7. The summed E-state index contributed by atoms with van der Waals surface area (Å²) in [6.07, 6.45) is 10.7. The number of rotatable bonds is 6. The van der Waals surface area contributed by atoms with Crippen LogP contribution in [0.2, 0.25) is 0 Å². The molecule has 0 aromatic heterocycles. The van der Waals surface area contributed by atoms with Gasteiger partial charge in [0.05, 0.1) is 29.8 Å². The highest BCUT2D eigenvalue weighted by molar-refractivity contribution is 7.84. The Hall–Kier alpha value is -0.130. The van der Waals surface area contributed by atoms with Crippen LogP contribution in [0.4, 0.5) is 0 Å². The van der Waals surface area contributed by atoms with E-state index >= 15 is 0 Å². The minimum atomic E-state index is -3.92. The second kappa shape index (κ2) is 10.6. The molecule has 0 unspecified atom stereocenters. The molecule has 1 fully saturated rings. The Kier molecular flexibility index (Phi) is 10.6. The largest absolute Gasteiger partial charge is 0.748 e. The van der Waals surface area contributed by atoms with E-state index in [1.807, 2.05) is 4.90 Å². The lowest BCUT2D eigenvalue weighted by molar-refractivity contribution is -0.906. The predicted molar refractivity (Wildman–Crippen MR) is 78.3 cm³/mol. The van der Waals surface area contributed by atoms with Gasteiger partial charge in [-0.25, -0.2) is 8.42 Å². The Labute approximate surface area is 119 Å². The van der Waals surface area contributed by atoms with Gasteiger partial charge >= 0.3 is 0 Å². The molecule has 1 aliphatic rings. The summed E-state index contributed by atoms with van der Waals surface area (Å²) in [5.41, 5.74) is 0. The number of hydrogen-bond acceptors (Lipinski definition) is 3. The highest BCUT2D eigenvalue weighted by Gasteiger charge is 2.20. The summed E-state index contributed by atoms with van der Waals surface area (Å²) >= 11 is 0. The first-order chi connectivity index (χ1) is 8.86. The van der Waals surface area contributed by atoms with Gasteiger partial charge in [-0.15, -0.1) is 0 Å². The molecule has 0 amide bonds. The number of likely N-dealkylation sites (tertiary alicyclic amines) is 1. The molecular formula is C14H31NO3S. The molecule has 1 saturated heterocycles. The van der Waals surface area contributed by atoms with Crippen LogP contribution >= 0.6 is 0 Å². The summed E-state index contributed by atoms with van der Waals surface area (Å²) in [4.78, 5) is 1.88. The van der Waals surface area contributed by atoms with Crippen LogP contribution in [0.1, 0.15) is 58.8 Å². The van der Waals surface area contributed by atoms with Crippen molar-refractivity contribution >= 4 is 10.1 Å². The minimum Gasteiger partial charge on any atom is -0.748 e. The van der Waals surface area contributed by atoms with Crippen molar-refractivity contribution in [1.82, 2.24) is 0 Å². The van der Waals surface area contributed by atoms with Gasteiger partial charge in [0.25, 0.3) is 0 Å². The molecule has 1 N–H and O–H groups in total. The average molecular weight is 293 g/mol. The van der Waals surface area contributed by atoms with Crippen LogP contribution in [0, 0.1) is 5.92 Å². The van der Waals surface area contributed by atoms with Crippen LogP contribution in [0.15, 0.2) is 0 Å². The van der Waals surface area contributed by atoms with Crippen molar-refractivity contribution in [3.63, 3.8) is 0 Å². The van der Waals surface area contributed by atoms with Gasteiger partial charge < -0.3 is 9.45 Å². The van der Waals surface area contributed by atoms with Crippen LogP contribution in [0.3, 0.4) is 0 Å². The van der Waals surface area contributed by atoms with E-state index in [0.717, 1.165) is 5.92 Å². The lowest BCUT2D eigenvalue weighted by Crippen LogP contribution is -3.13. The van der Waals surface area contributed by atoms with Crippen molar-refractivity contribution in [2.24, 2.45) is 5.92 Å². The molecule has 0 aromatic rings. The van der Waals surface area contributed by atoms with Crippen LogP contribution in [0.5, 0.6) is 0 Å². The molecule has 4 nitrogen and oxygen atoms in total. The molecule has 5 heteroatoms. The average Bonchev–Trinajstić information content (AvgIpc) is 2.30. The van der Waals surface area contributed by atoms with Gasteiger partial charge in [0.15, 0.2) is 0 Å². The molecule has 0 spiro atoms. The first kappa shape index (κ1) is 18.9. The number of hydrogen-bond donors (Lipinski definition) is 1. The van der Waals surface area contributed by atoms with Crippen LogP contribution < -0.4 is 4.90 Å². The zero-order valence-corrected chi connectivity index (χ0v) is 13.6. The van der Waals surface area contributed by atoms with E-state index in [2.05, 4.69) is 13.8 Å². The lowest BCUT2D eigenvalue weighted by Gasteiger charge is -2.29. The normalized spacial score (nSPS) is 23.6. The predicted octanol–water partition coefficient (Wildman–Crippen LogP) is 1.43. The SMILES string of the molecule is CCCCC[NH+]1CCC(CCC)CC1.CS(=O)(=O)[O-]. The van der Waals surface area contributed by atoms with Gasteiger partial charge in [0.1, 0.15) is 0 Å². The Balaban J connectivity index is 0.000000555. The van der Waals surface area contributed by atoms with E-state index in [0.29, 0.717) is 6.26 Å². The maximum atomic E-state index is 9.08. The highest BCUT2D eigenvalue weighted by Crippen LogP contribution is 2.15. The number of unbranched alkanes of at least 4 members (excludes halogenated alkanes) is 2. The number of piperidine rings is 1. The molecule has 116 valence electrons. The van der Waals surface area contributed by atoms with Crippen LogP contribution in [0.25, 0.3) is 0 Å². The molecule has 0 radical (unpaired) electrons. The van der Waals surface area contributed by atoms with E-state index in [1.165, 1.54) is 64.6 Å². The minimum absolute atomic E-state index is 0.604. The maximum absolute atomic E-state index is 9.08. The van der Waals surface area contributed by atoms with Gasteiger partial charge in [0.2, 0.25) is 0 Å². The Morgan fingerprint density at radius 1 is 1.11 bits per heavy atom. The lowest BCUT2D eigenvalue weighted by atomic mass is 9.92. The van der Waals surface area contributed by atoms with E-state index in [-0.39, 0.29) is 0 Å². The van der Waals surface area contributed by atoms with Crippen molar-refractivity contribution in [3.05, 3.63) is 0 Å². The molecular weight excluding hydrogens is 262 g/mol. The smallest absolute Gasteiger partial charge is 0.0916 e. The quantitative estimate of drug-likeness (QED) is 0.595. The Bertz CT molecular complexity index is 288. The summed E-state index contributed by atoms with van der Waals surface area (Å²) < 4.78 is 27.2. The Morgan fingerprint density at radius 3 is 2.05 bits per heavy atom. The third-order valence-electron chi connectivity index (χ3n) is 3.64. The monoisotopic (exact) mass is 293 g/mol. The fourth-order valence-corrected chi connectivity index (χ4v) is 2.66. The topological polar surface area (TPSA) is 61.6 Å². The van der Waals surface area contributed by atoms with E-state index in [9.17, 15) is 0 Å². The number of quaternary nitrogens is 1. The van der Waals surface area contributed by atoms with Crippen molar-refractivity contribution in [3.8, 4) is 0 Å². The van der Waals surface area contributed by atoms with E-state index < -0.39 is 10.1 Å². The van der Waals surface area contributed by atoms with Gasteiger partial charge in [-0.2, -0.15) is 0 Å². The molecule has 1 rings (SSSR count). The second-order valence-electron chi connectivity index (χ2n) is 5.64. The standard InChI is InChI=1S/C13H27N.CH4O3S/c1-3-5-6-10-14-11-8-13(7-4-2)9-12-14;1-5(2,3)4/h13H,3-12H2,1-2H3;1H3,(H,2,3,4). The molecule has 0 atom stereocenters. The molecule has 19 heavy (non-hydrogen) atoms. The first-order valence-corrected chi connectivity index (χ1v) is 9.42. The Morgan fingerprint density at radius 2 is 1.63 bits per heavy atom. The maximum Gasteiger partial charge on any atom is 0.0916 e. The van der Waals surface area contributed by atoms with Crippen molar-refractivity contribution in [2.75, 3.05) is 25.9 Å². The fraction of sp³-hybridized carbons (Fsp3) is 1.00. The van der Waals surface area contributed by atoms with Gasteiger partial charge in [-0.3, -0.25) is 0 Å². The van der Waals surface area contributed by atoms with Crippen molar-refractivity contribution < 1.29 is 17.9 Å². The van der Waals surface area contributed by atoms with Crippen LogP contribution in [-0.2, 0) is 10.1 Å². The number of nitrogens with one attached hydrogen (secondary N) is 1. The van der Waals surface area contributed by atoms with Crippen molar-refractivity contribution in [2.45, 2.75) is 58.8 Å². The molecule has 0 bridgehead atoms. The summed E-state index contributed by atoms with van der Waals surface area (Å²) in [6, 6.07) is 0. The van der Waals surface area contributed by atoms with Gasteiger partial charge in [0, 0.05) is 6.26 Å². The summed E-state index contributed by atoms with van der Waals surface area (Å²) in [5.74, 6) is 1.06. The van der Waals surface area contributed by atoms with Gasteiger partial charge in [-0.05, 0) is 31.6 Å². The summed E-state index contributed by atoms with van der Waals surface area (Å²) in [5, 5.41) is 0. The molecule has 0 aliphatic carbocycles. The second-order valence-corrected chi connectivity index (χ2v) is 7.05. The fourth-order valence-electron chi connectivity index (χ4n) is 2.66.